The first-order valence-corrected chi connectivity index (χ1v) is 16.8. The largest absolute Gasteiger partial charge is 0.461 e. The summed E-state index contributed by atoms with van der Waals surface area (Å²) in [5, 5.41) is 9.62. The molecule has 0 spiro atoms. The van der Waals surface area contributed by atoms with E-state index in [0.717, 1.165) is 43.3 Å². The lowest BCUT2D eigenvalue weighted by atomic mass is 9.92. The highest BCUT2D eigenvalue weighted by Gasteiger charge is 2.50. The smallest absolute Gasteiger partial charge is 0.417 e. The van der Waals surface area contributed by atoms with Crippen LogP contribution in [0.4, 0.5) is 37.2 Å². The monoisotopic (exact) mass is 676 g/mol. The zero-order valence-electron chi connectivity index (χ0n) is 24.1. The van der Waals surface area contributed by atoms with Gasteiger partial charge < -0.3 is 15.4 Å². The molecule has 2 N–H and O–H groups in total. The fourth-order valence-electron chi connectivity index (χ4n) is 7.78. The summed E-state index contributed by atoms with van der Waals surface area (Å²) < 4.78 is 96.7. The van der Waals surface area contributed by atoms with Crippen molar-refractivity contribution in [3.05, 3.63) is 41.0 Å². The predicted octanol–water partition coefficient (Wildman–Crippen LogP) is 6.91. The molecule has 0 radical (unpaired) electrons. The topological polar surface area (TPSA) is 91.3 Å². The lowest BCUT2D eigenvalue weighted by molar-refractivity contribution is -0.137. The molecule has 2 aromatic carbocycles. The van der Waals surface area contributed by atoms with E-state index in [2.05, 4.69) is 9.97 Å². The summed E-state index contributed by atoms with van der Waals surface area (Å²) in [7, 11) is 0. The Kier molecular flexibility index (Phi) is 6.83. The molecule has 2 aromatic heterocycles. The number of benzene rings is 2. The number of hydrogen-bond acceptors (Lipinski definition) is 9. The number of nitrogens with two attached hydrogens (primary N) is 1. The third-order valence-electron chi connectivity index (χ3n) is 9.80. The van der Waals surface area contributed by atoms with Gasteiger partial charge in [0, 0.05) is 52.9 Å². The number of rotatable bonds is 5. The van der Waals surface area contributed by atoms with Gasteiger partial charge in [0.25, 0.3) is 0 Å². The van der Waals surface area contributed by atoms with Gasteiger partial charge in [0.05, 0.1) is 21.4 Å². The zero-order valence-corrected chi connectivity index (χ0v) is 25.8. The van der Waals surface area contributed by atoms with Gasteiger partial charge in [-0.3, -0.25) is 4.90 Å². The van der Waals surface area contributed by atoms with Crippen LogP contribution in [0.5, 0.6) is 6.01 Å². The molecule has 4 atom stereocenters. The van der Waals surface area contributed by atoms with E-state index < -0.39 is 46.2 Å². The average molecular weight is 677 g/mol. The molecule has 4 fully saturated rings. The van der Waals surface area contributed by atoms with Crippen molar-refractivity contribution in [1.82, 2.24) is 14.9 Å². The minimum Gasteiger partial charge on any atom is -0.461 e. The van der Waals surface area contributed by atoms with Gasteiger partial charge in [0.2, 0.25) is 0 Å². The van der Waals surface area contributed by atoms with Crippen LogP contribution >= 0.6 is 23.1 Å². The number of aromatic nitrogens is 2. The van der Waals surface area contributed by atoms with Crippen molar-refractivity contribution >= 4 is 54.9 Å². The van der Waals surface area contributed by atoms with Crippen molar-refractivity contribution in [3.8, 4) is 23.2 Å². The maximum absolute atomic E-state index is 16.9. The van der Waals surface area contributed by atoms with Gasteiger partial charge in [-0.25, -0.2) is 13.2 Å². The Bertz CT molecular complexity index is 1960. The number of ether oxygens (including phenoxy) is 1. The molecule has 4 aliphatic heterocycles. The second-order valence-corrected chi connectivity index (χ2v) is 14.8. The molecular weight excluding hydrogens is 651 g/mol. The summed E-state index contributed by atoms with van der Waals surface area (Å²) in [6.07, 6.45) is -3.37. The molecule has 4 aromatic rings. The van der Waals surface area contributed by atoms with Crippen LogP contribution in [0.25, 0.3) is 32.1 Å². The van der Waals surface area contributed by atoms with Gasteiger partial charge in [-0.1, -0.05) is 6.07 Å². The third-order valence-corrected chi connectivity index (χ3v) is 12.2. The van der Waals surface area contributed by atoms with E-state index in [4.69, 9.17) is 10.5 Å². The van der Waals surface area contributed by atoms with Crippen molar-refractivity contribution < 1.29 is 31.1 Å². The number of halogens is 6. The molecule has 0 aliphatic carbocycles. The highest BCUT2D eigenvalue weighted by molar-refractivity contribution is 8.00. The number of fused-ring (bicyclic) bond motifs is 5. The first-order valence-electron chi connectivity index (χ1n) is 14.9. The van der Waals surface area contributed by atoms with Crippen molar-refractivity contribution in [3.63, 3.8) is 0 Å². The molecular formula is C31H26F6N6OS2. The standard InChI is InChI=1S/C31H26F6N6OS2/c32-14-8-30(4-1-5-42(30)10-14)13-44-29-40-25-18(28(41-29)43-11-16-6-15(43)12-45-16)7-20(31(35,36)37)23(24(25)34)17-2-3-21(33)26-22(17)19(9-38)27(39)46-26/h2-3,7,14-16H,1,4-6,8,10-13,39H2. The molecule has 15 heteroatoms. The highest BCUT2D eigenvalue weighted by atomic mass is 32.2. The maximum Gasteiger partial charge on any atom is 0.417 e. The van der Waals surface area contributed by atoms with E-state index in [1.165, 1.54) is 0 Å². The van der Waals surface area contributed by atoms with Crippen LogP contribution in [0.15, 0.2) is 18.2 Å². The minimum atomic E-state index is -5.04. The van der Waals surface area contributed by atoms with Crippen LogP contribution in [0.2, 0.25) is 0 Å². The van der Waals surface area contributed by atoms with Crippen molar-refractivity contribution in [1.29, 1.82) is 5.26 Å². The number of thiophene rings is 1. The van der Waals surface area contributed by atoms with E-state index in [1.807, 2.05) is 15.9 Å². The van der Waals surface area contributed by atoms with Crippen molar-refractivity contribution in [2.45, 2.75) is 54.9 Å². The lowest BCUT2D eigenvalue weighted by Gasteiger charge is -2.32. The highest BCUT2D eigenvalue weighted by Crippen LogP contribution is 2.49. The fourth-order valence-corrected chi connectivity index (χ4v) is 10.2. The molecule has 4 aliphatic rings. The second kappa shape index (κ2) is 10.5. The molecule has 240 valence electrons. The molecule has 0 saturated carbocycles. The molecule has 6 heterocycles. The van der Waals surface area contributed by atoms with E-state index in [1.54, 1.807) is 11.8 Å². The SMILES string of the molecule is N#Cc1c(N)sc2c(F)ccc(-c3c(C(F)(F)F)cc4c(N5CC6CC5CS6)nc(OCC56CCCN5CC(F)C6)nc4c3F)c12. The average Bonchev–Trinajstić information content (AvgIpc) is 3.83. The molecule has 46 heavy (non-hydrogen) atoms. The number of hydrogen-bond donors (Lipinski definition) is 1. The van der Waals surface area contributed by atoms with Crippen molar-refractivity contribution in [2.24, 2.45) is 0 Å². The van der Waals surface area contributed by atoms with E-state index in [-0.39, 0.29) is 67.7 Å². The number of nitriles is 1. The van der Waals surface area contributed by atoms with Crippen LogP contribution in [0.3, 0.4) is 0 Å². The van der Waals surface area contributed by atoms with Gasteiger partial charge in [-0.05, 0) is 43.5 Å². The number of nitrogen functional groups attached to an aromatic ring is 1. The summed E-state index contributed by atoms with van der Waals surface area (Å²) in [5.41, 5.74) is 2.25. The molecule has 4 saturated heterocycles. The lowest BCUT2D eigenvalue weighted by Crippen LogP contribution is -2.43. The molecule has 8 rings (SSSR count). The number of nitrogens with zero attached hydrogens (tertiary/aromatic N) is 5. The molecule has 7 nitrogen and oxygen atoms in total. The van der Waals surface area contributed by atoms with Gasteiger partial charge in [0.15, 0.2) is 5.82 Å². The molecule has 2 bridgehead atoms. The number of alkyl halides is 4. The quantitative estimate of drug-likeness (QED) is 0.228. The minimum absolute atomic E-state index is 0.00670. The summed E-state index contributed by atoms with van der Waals surface area (Å²) >= 11 is 2.48. The zero-order chi connectivity index (χ0) is 32.1. The molecule has 4 unspecified atom stereocenters. The number of anilines is 2. The first-order chi connectivity index (χ1) is 22.0. The first kappa shape index (κ1) is 29.9. The van der Waals surface area contributed by atoms with Crippen LogP contribution in [0, 0.1) is 23.0 Å². The second-order valence-electron chi connectivity index (χ2n) is 12.5. The summed E-state index contributed by atoms with van der Waals surface area (Å²) in [6.45, 7) is 1.59. The van der Waals surface area contributed by atoms with Gasteiger partial charge in [0.1, 0.15) is 41.0 Å². The van der Waals surface area contributed by atoms with E-state index >= 15 is 4.39 Å². The summed E-state index contributed by atoms with van der Waals surface area (Å²) in [4.78, 5) is 12.9. The Morgan fingerprint density at radius 2 is 2.02 bits per heavy atom. The Labute approximate surface area is 267 Å². The summed E-state index contributed by atoms with van der Waals surface area (Å²) in [5.74, 6) is -1.21. The Morgan fingerprint density at radius 1 is 1.20 bits per heavy atom. The van der Waals surface area contributed by atoms with Crippen LogP contribution < -0.4 is 15.4 Å². The third kappa shape index (κ3) is 4.51. The van der Waals surface area contributed by atoms with Crippen LogP contribution in [-0.4, -0.2) is 69.9 Å². The molecule has 0 amide bonds. The Balaban J connectivity index is 1.35. The van der Waals surface area contributed by atoms with Crippen LogP contribution in [0.1, 0.15) is 36.8 Å². The predicted molar refractivity (Wildman–Crippen MR) is 165 cm³/mol. The van der Waals surface area contributed by atoms with Crippen LogP contribution in [-0.2, 0) is 6.18 Å². The normalized spacial score (nSPS) is 26.0. The Hall–Kier alpha value is -3.48. The number of thioether (sulfide) groups is 1. The van der Waals surface area contributed by atoms with Gasteiger partial charge >= 0.3 is 12.2 Å². The van der Waals surface area contributed by atoms with E-state index in [0.29, 0.717) is 30.8 Å². The van der Waals surface area contributed by atoms with Gasteiger partial charge in [-0.2, -0.15) is 40.2 Å². The van der Waals surface area contributed by atoms with Gasteiger partial charge in [-0.15, -0.1) is 11.3 Å². The van der Waals surface area contributed by atoms with E-state index in [9.17, 15) is 27.2 Å². The van der Waals surface area contributed by atoms with Crippen molar-refractivity contribution in [2.75, 3.05) is 42.6 Å². The Morgan fingerprint density at radius 3 is 2.74 bits per heavy atom. The summed E-state index contributed by atoms with van der Waals surface area (Å²) in [6, 6.07) is 4.42. The fraction of sp³-hybridized carbons (Fsp3) is 0.452. The maximum atomic E-state index is 16.9.